The van der Waals surface area contributed by atoms with Gasteiger partial charge in [0.1, 0.15) is 11.2 Å². The number of hydrogen-bond acceptors (Lipinski definition) is 3. The van der Waals surface area contributed by atoms with Crippen molar-refractivity contribution in [2.75, 3.05) is 0 Å². The highest BCUT2D eigenvalue weighted by Crippen LogP contribution is 2.39. The number of benzene rings is 4. The minimum Gasteiger partial charge on any atom is -0.456 e. The first-order chi connectivity index (χ1) is 18.9. The second kappa shape index (κ2) is 7.00. The summed E-state index contributed by atoms with van der Waals surface area (Å²) in [6.45, 7) is 7.71. The normalized spacial score (nSPS) is 19.3. The zero-order valence-electron chi connectivity index (χ0n) is 24.9. The average molecular weight is 464 g/mol. The largest absolute Gasteiger partial charge is 0.498 e. The molecule has 4 aromatic carbocycles. The fourth-order valence-corrected chi connectivity index (χ4v) is 4.90. The van der Waals surface area contributed by atoms with Crippen molar-refractivity contribution in [1.82, 2.24) is 4.57 Å². The van der Waals surface area contributed by atoms with Crippen molar-refractivity contribution in [1.29, 1.82) is 0 Å². The van der Waals surface area contributed by atoms with Crippen LogP contribution in [-0.2, 0) is 9.31 Å². The first-order valence-electron chi connectivity index (χ1n) is 14.2. The molecule has 3 heterocycles. The van der Waals surface area contributed by atoms with Crippen molar-refractivity contribution >= 4 is 56.3 Å². The number of fused-ring (bicyclic) bond motifs is 6. The van der Waals surface area contributed by atoms with Crippen LogP contribution in [0.1, 0.15) is 34.5 Å². The second-order valence-corrected chi connectivity index (χ2v) is 10.1. The smallest absolute Gasteiger partial charge is 0.456 e. The summed E-state index contributed by atoms with van der Waals surface area (Å²) in [6, 6.07) is 16.5. The fraction of sp³-hybridized carbons (Fsp3) is 0.200. The summed E-state index contributed by atoms with van der Waals surface area (Å²) in [5, 5.41) is 2.41. The van der Waals surface area contributed by atoms with E-state index in [9.17, 15) is 1.37 Å². The summed E-state index contributed by atoms with van der Waals surface area (Å²) in [7, 11) is -0.867. The van der Waals surface area contributed by atoms with Gasteiger partial charge in [0.05, 0.1) is 29.1 Å². The molecular weight excluding hydrogens is 433 g/mol. The molecule has 2 aromatic heterocycles. The van der Waals surface area contributed by atoms with Crippen LogP contribution in [0.15, 0.2) is 89.2 Å². The van der Waals surface area contributed by atoms with Crippen LogP contribution in [0.5, 0.6) is 0 Å². The molecule has 0 saturated carbocycles. The van der Waals surface area contributed by atoms with Crippen molar-refractivity contribution in [2.45, 2.75) is 38.9 Å². The van der Waals surface area contributed by atoms with Gasteiger partial charge in [-0.2, -0.15) is 0 Å². The molecule has 0 N–H and O–H groups in total. The van der Waals surface area contributed by atoms with Crippen LogP contribution in [0, 0.1) is 0 Å². The van der Waals surface area contributed by atoms with Crippen molar-refractivity contribution in [3.63, 3.8) is 0 Å². The summed E-state index contributed by atoms with van der Waals surface area (Å²) < 4.78 is 65.3. The summed E-state index contributed by atoms with van der Waals surface area (Å²) in [5.74, 6) is 0. The predicted octanol–water partition coefficient (Wildman–Crippen LogP) is 6.98. The van der Waals surface area contributed by atoms with Gasteiger partial charge in [-0.1, -0.05) is 54.5 Å². The van der Waals surface area contributed by atoms with E-state index in [1.807, 2.05) is 80.8 Å². The van der Waals surface area contributed by atoms with Gasteiger partial charge in [0.15, 0.2) is 0 Å². The molecule has 0 atom stereocenters. The van der Waals surface area contributed by atoms with Gasteiger partial charge in [-0.15, -0.1) is 0 Å². The van der Waals surface area contributed by atoms with Crippen LogP contribution in [0.3, 0.4) is 0 Å². The highest BCUT2D eigenvalue weighted by molar-refractivity contribution is 6.65. The first-order valence-corrected chi connectivity index (χ1v) is 11.7. The number of furan rings is 1. The molecule has 172 valence electrons. The lowest BCUT2D eigenvalue weighted by Crippen LogP contribution is -2.41. The molecule has 5 heteroatoms. The van der Waals surface area contributed by atoms with Crippen LogP contribution < -0.4 is 5.46 Å². The van der Waals surface area contributed by atoms with E-state index in [1.165, 1.54) is 6.07 Å². The highest BCUT2D eigenvalue weighted by atomic mass is 16.7. The fourth-order valence-electron chi connectivity index (χ4n) is 4.90. The molecule has 0 spiro atoms. The zero-order valence-corrected chi connectivity index (χ0v) is 19.9. The van der Waals surface area contributed by atoms with E-state index in [-0.39, 0.29) is 57.8 Å². The lowest BCUT2D eigenvalue weighted by atomic mass is 9.78. The van der Waals surface area contributed by atoms with E-state index < -0.39 is 18.3 Å². The molecule has 6 aromatic rings. The summed E-state index contributed by atoms with van der Waals surface area (Å²) in [4.78, 5) is 0. The molecule has 0 bridgehead atoms. The Balaban J connectivity index is 1.60. The minimum absolute atomic E-state index is 0.0337. The van der Waals surface area contributed by atoms with Gasteiger partial charge in [0.25, 0.3) is 0 Å². The number of rotatable bonds is 2. The zero-order chi connectivity index (χ0) is 28.3. The van der Waals surface area contributed by atoms with Crippen LogP contribution in [-0.4, -0.2) is 22.9 Å². The van der Waals surface area contributed by atoms with Crippen molar-refractivity contribution in [2.24, 2.45) is 0 Å². The van der Waals surface area contributed by atoms with Gasteiger partial charge < -0.3 is 18.3 Å². The van der Waals surface area contributed by atoms with E-state index in [0.29, 0.717) is 5.46 Å². The third-order valence-electron chi connectivity index (χ3n) is 7.44. The Morgan fingerprint density at radius 1 is 0.743 bits per heavy atom. The van der Waals surface area contributed by atoms with Crippen LogP contribution in [0.2, 0.25) is 0 Å². The first kappa shape index (κ1) is 16.2. The molecule has 0 aliphatic carbocycles. The molecule has 1 aliphatic heterocycles. The van der Waals surface area contributed by atoms with Gasteiger partial charge in [-0.25, -0.2) is 0 Å². The second-order valence-electron chi connectivity index (χ2n) is 10.1. The maximum Gasteiger partial charge on any atom is 0.498 e. The SMILES string of the molecule is [2H]c1cc(B2OC(C)(C)C(C)(C)O2)c2oc3c([2H])c([2H])c(-n4c5ccccc5c5ccccc54)c([2H])c3c2c1[2H]. The monoisotopic (exact) mass is 464 g/mol. The molecule has 0 unspecified atom stereocenters. The van der Waals surface area contributed by atoms with Crippen molar-refractivity contribution < 1.29 is 20.6 Å². The van der Waals surface area contributed by atoms with Gasteiger partial charge in [0, 0.05) is 32.7 Å². The van der Waals surface area contributed by atoms with Crippen molar-refractivity contribution in [3.05, 3.63) is 84.8 Å². The average Bonchev–Trinajstić information content (AvgIpc) is 3.53. The van der Waals surface area contributed by atoms with Gasteiger partial charge >= 0.3 is 7.12 Å². The summed E-state index contributed by atoms with van der Waals surface area (Å²) in [5.41, 5.74) is 1.25. The Labute approximate surface area is 211 Å². The molecule has 35 heavy (non-hydrogen) atoms. The minimum atomic E-state index is -0.867. The number of aromatic nitrogens is 1. The van der Waals surface area contributed by atoms with Gasteiger partial charge in [-0.3, -0.25) is 0 Å². The summed E-state index contributed by atoms with van der Waals surface area (Å²) >= 11 is 0. The molecule has 0 radical (unpaired) electrons. The van der Waals surface area contributed by atoms with Crippen LogP contribution in [0.25, 0.3) is 49.4 Å². The molecule has 1 aliphatic rings. The topological polar surface area (TPSA) is 36.5 Å². The molecule has 7 rings (SSSR count). The van der Waals surface area contributed by atoms with Crippen LogP contribution >= 0.6 is 0 Å². The Bertz CT molecular complexity index is 1980. The van der Waals surface area contributed by atoms with E-state index >= 15 is 0 Å². The van der Waals surface area contributed by atoms with Crippen molar-refractivity contribution in [3.8, 4) is 5.69 Å². The Morgan fingerprint density at radius 2 is 1.37 bits per heavy atom. The predicted molar refractivity (Wildman–Crippen MR) is 144 cm³/mol. The van der Waals surface area contributed by atoms with E-state index in [4.69, 9.17) is 19.2 Å². The highest BCUT2D eigenvalue weighted by Gasteiger charge is 2.52. The lowest BCUT2D eigenvalue weighted by Gasteiger charge is -2.32. The van der Waals surface area contributed by atoms with E-state index in [1.54, 1.807) is 0 Å². The maximum atomic E-state index is 9.38. The third kappa shape index (κ3) is 2.89. The number of nitrogens with zero attached hydrogens (tertiary/aromatic N) is 1. The van der Waals surface area contributed by atoms with E-state index in [2.05, 4.69) is 0 Å². The number of hydrogen-bond donors (Lipinski definition) is 0. The molecular formula is C30H26BNO3. The Hall–Kier alpha value is -3.54. The number of para-hydroxylation sites is 3. The molecule has 0 amide bonds. The third-order valence-corrected chi connectivity index (χ3v) is 7.44. The molecule has 1 fully saturated rings. The lowest BCUT2D eigenvalue weighted by molar-refractivity contribution is 0.00578. The quantitative estimate of drug-likeness (QED) is 0.259. The Kier molecular flexibility index (Phi) is 3.24. The standard InChI is InChI=1S/C30H26BNO3/c1-29(2)30(3,4)35-31(34-29)24-13-9-12-22-23-18-19(16-17-27(23)33-28(22)24)32-25-14-7-5-10-20(25)21-11-6-8-15-26(21)32/h5-18H,1-4H3/i9D,12D,16D,17D,18D. The van der Waals surface area contributed by atoms with Crippen LogP contribution in [0.4, 0.5) is 0 Å². The molecule has 4 nitrogen and oxygen atoms in total. The van der Waals surface area contributed by atoms with E-state index in [0.717, 1.165) is 21.8 Å². The van der Waals surface area contributed by atoms with Gasteiger partial charge in [-0.05, 0) is 58.0 Å². The summed E-state index contributed by atoms with van der Waals surface area (Å²) in [6.07, 6.45) is 0. The Morgan fingerprint density at radius 3 is 2.03 bits per heavy atom. The molecule has 1 saturated heterocycles. The van der Waals surface area contributed by atoms with Gasteiger partial charge in [0.2, 0.25) is 0 Å². The maximum absolute atomic E-state index is 9.38.